The number of pyridine rings is 3. The molecule has 0 amide bonds. The van der Waals surface area contributed by atoms with Gasteiger partial charge in [0.1, 0.15) is 11.6 Å². The summed E-state index contributed by atoms with van der Waals surface area (Å²) in [6.45, 7) is 8.08. The van der Waals surface area contributed by atoms with E-state index in [1.807, 2.05) is 26.1 Å². The number of rotatable bonds is 7. The van der Waals surface area contributed by atoms with Gasteiger partial charge in [0.25, 0.3) is 0 Å². The molecule has 5 heteroatoms. The SMILES string of the molecule is CC(C)c1nc(CC(C)c2cc(CC(C)c3ccc(F)cn3)ccn2)ccc1F. The highest BCUT2D eigenvalue weighted by molar-refractivity contribution is 5.24. The van der Waals surface area contributed by atoms with Crippen LogP contribution in [0.1, 0.15) is 73.8 Å². The van der Waals surface area contributed by atoms with E-state index in [2.05, 4.69) is 34.9 Å². The van der Waals surface area contributed by atoms with Crippen LogP contribution in [-0.2, 0) is 12.8 Å². The Labute approximate surface area is 171 Å². The highest BCUT2D eigenvalue weighted by atomic mass is 19.1. The quantitative estimate of drug-likeness (QED) is 0.495. The zero-order chi connectivity index (χ0) is 21.0. The average molecular weight is 395 g/mol. The van der Waals surface area contributed by atoms with Crippen molar-refractivity contribution in [3.05, 3.63) is 88.8 Å². The van der Waals surface area contributed by atoms with E-state index in [4.69, 9.17) is 0 Å². The standard InChI is InChI=1S/C24H27F2N3/c1-15(2)24-21(26)7-6-20(29-24)12-17(4)23-13-18(9-10-27-23)11-16(3)22-8-5-19(25)14-28-22/h5-10,13-17H,11-12H2,1-4H3. The minimum atomic E-state index is -0.323. The average Bonchev–Trinajstić information content (AvgIpc) is 2.70. The molecule has 0 spiro atoms. The van der Waals surface area contributed by atoms with Crippen LogP contribution in [0.2, 0.25) is 0 Å². The van der Waals surface area contributed by atoms with Gasteiger partial charge >= 0.3 is 0 Å². The summed E-state index contributed by atoms with van der Waals surface area (Å²) in [5, 5.41) is 0. The molecular weight excluding hydrogens is 368 g/mol. The molecule has 0 bridgehead atoms. The molecule has 0 radical (unpaired) electrons. The molecule has 3 nitrogen and oxygen atoms in total. The molecule has 2 atom stereocenters. The molecule has 0 aromatic carbocycles. The van der Waals surface area contributed by atoms with Crippen LogP contribution < -0.4 is 0 Å². The lowest BCUT2D eigenvalue weighted by atomic mass is 9.94. The Bertz CT molecular complexity index is 955. The van der Waals surface area contributed by atoms with E-state index in [1.165, 1.54) is 18.3 Å². The molecule has 3 aromatic rings. The molecule has 0 aliphatic rings. The van der Waals surface area contributed by atoms with E-state index < -0.39 is 0 Å². The molecule has 0 fully saturated rings. The second-order valence-electron chi connectivity index (χ2n) is 8.02. The normalized spacial score (nSPS) is 13.5. The molecule has 0 N–H and O–H groups in total. The van der Waals surface area contributed by atoms with Gasteiger partial charge in [-0.2, -0.15) is 0 Å². The molecule has 0 saturated heterocycles. The number of halogens is 2. The van der Waals surface area contributed by atoms with Crippen LogP contribution in [-0.4, -0.2) is 15.0 Å². The van der Waals surface area contributed by atoms with Crippen molar-refractivity contribution in [2.24, 2.45) is 0 Å². The molecule has 2 unspecified atom stereocenters. The number of aromatic nitrogens is 3. The predicted octanol–water partition coefficient (Wildman–Crippen LogP) is 5.97. The van der Waals surface area contributed by atoms with Gasteiger partial charge in [-0.15, -0.1) is 0 Å². The number of hydrogen-bond acceptors (Lipinski definition) is 3. The molecular formula is C24H27F2N3. The van der Waals surface area contributed by atoms with Crippen molar-refractivity contribution in [2.75, 3.05) is 0 Å². The maximum atomic E-state index is 13.9. The molecule has 3 aromatic heterocycles. The fourth-order valence-corrected chi connectivity index (χ4v) is 3.46. The second-order valence-corrected chi connectivity index (χ2v) is 8.02. The van der Waals surface area contributed by atoms with Crippen molar-refractivity contribution >= 4 is 0 Å². The lowest BCUT2D eigenvalue weighted by Gasteiger charge is -2.15. The van der Waals surface area contributed by atoms with Gasteiger partial charge < -0.3 is 0 Å². The highest BCUT2D eigenvalue weighted by Gasteiger charge is 2.15. The first kappa shape index (κ1) is 21.0. The Morgan fingerprint density at radius 1 is 0.828 bits per heavy atom. The van der Waals surface area contributed by atoms with Gasteiger partial charge in [0, 0.05) is 35.1 Å². The summed E-state index contributed by atoms with van der Waals surface area (Å²) in [6, 6.07) is 10.5. The van der Waals surface area contributed by atoms with Crippen LogP contribution in [0, 0.1) is 11.6 Å². The maximum Gasteiger partial charge on any atom is 0.144 e. The first-order valence-corrected chi connectivity index (χ1v) is 10.0. The van der Waals surface area contributed by atoms with Crippen LogP contribution in [0.3, 0.4) is 0 Å². The zero-order valence-electron chi connectivity index (χ0n) is 17.4. The minimum absolute atomic E-state index is 0.0493. The Kier molecular flexibility index (Phi) is 6.68. The van der Waals surface area contributed by atoms with Crippen molar-refractivity contribution in [2.45, 2.75) is 58.3 Å². The predicted molar refractivity (Wildman–Crippen MR) is 111 cm³/mol. The van der Waals surface area contributed by atoms with Crippen LogP contribution in [0.4, 0.5) is 8.78 Å². The lowest BCUT2D eigenvalue weighted by molar-refractivity contribution is 0.578. The van der Waals surface area contributed by atoms with E-state index >= 15 is 0 Å². The molecule has 3 heterocycles. The van der Waals surface area contributed by atoms with Crippen molar-refractivity contribution < 1.29 is 8.78 Å². The lowest BCUT2D eigenvalue weighted by Crippen LogP contribution is -2.07. The van der Waals surface area contributed by atoms with Gasteiger partial charge in [0.15, 0.2) is 0 Å². The molecule has 0 saturated carbocycles. The largest absolute Gasteiger partial charge is 0.261 e. The molecule has 152 valence electrons. The highest BCUT2D eigenvalue weighted by Crippen LogP contribution is 2.24. The fraction of sp³-hybridized carbons (Fsp3) is 0.375. The summed E-state index contributed by atoms with van der Waals surface area (Å²) in [5.74, 6) is -0.190. The summed E-state index contributed by atoms with van der Waals surface area (Å²) in [4.78, 5) is 13.2. The molecule has 29 heavy (non-hydrogen) atoms. The Morgan fingerprint density at radius 2 is 1.59 bits per heavy atom. The van der Waals surface area contributed by atoms with Crippen LogP contribution in [0.15, 0.2) is 48.8 Å². The third kappa shape index (κ3) is 5.43. The van der Waals surface area contributed by atoms with Gasteiger partial charge in [-0.05, 0) is 60.7 Å². The summed E-state index contributed by atoms with van der Waals surface area (Å²) in [7, 11) is 0. The van der Waals surface area contributed by atoms with E-state index in [9.17, 15) is 8.78 Å². The van der Waals surface area contributed by atoms with E-state index in [0.717, 1.165) is 29.1 Å². The van der Waals surface area contributed by atoms with Crippen LogP contribution in [0.5, 0.6) is 0 Å². The monoisotopic (exact) mass is 395 g/mol. The van der Waals surface area contributed by atoms with E-state index in [1.54, 1.807) is 12.1 Å². The molecule has 0 aliphatic heterocycles. The smallest absolute Gasteiger partial charge is 0.144 e. The fourth-order valence-electron chi connectivity index (χ4n) is 3.46. The molecule has 3 rings (SSSR count). The van der Waals surface area contributed by atoms with E-state index in [0.29, 0.717) is 12.1 Å². The summed E-state index contributed by atoms with van der Waals surface area (Å²) < 4.78 is 27.0. The number of nitrogens with zero attached hydrogens (tertiary/aromatic N) is 3. The van der Waals surface area contributed by atoms with Gasteiger partial charge in [-0.1, -0.05) is 27.7 Å². The second kappa shape index (κ2) is 9.21. The Hall–Kier alpha value is -2.69. The topological polar surface area (TPSA) is 38.7 Å². The zero-order valence-corrected chi connectivity index (χ0v) is 17.4. The number of hydrogen-bond donors (Lipinski definition) is 0. The Morgan fingerprint density at radius 3 is 2.28 bits per heavy atom. The Balaban J connectivity index is 1.71. The summed E-state index contributed by atoms with van der Waals surface area (Å²) in [6.07, 6.45) is 4.58. The van der Waals surface area contributed by atoms with Crippen LogP contribution in [0.25, 0.3) is 0 Å². The van der Waals surface area contributed by atoms with Crippen molar-refractivity contribution in [3.8, 4) is 0 Å². The first-order chi connectivity index (χ1) is 13.8. The third-order valence-corrected chi connectivity index (χ3v) is 5.14. The maximum absolute atomic E-state index is 13.9. The molecule has 0 aliphatic carbocycles. The first-order valence-electron chi connectivity index (χ1n) is 10.0. The van der Waals surface area contributed by atoms with Gasteiger partial charge in [-0.3, -0.25) is 15.0 Å². The minimum Gasteiger partial charge on any atom is -0.261 e. The van der Waals surface area contributed by atoms with E-state index in [-0.39, 0.29) is 29.4 Å². The third-order valence-electron chi connectivity index (χ3n) is 5.14. The van der Waals surface area contributed by atoms with Crippen molar-refractivity contribution in [1.82, 2.24) is 15.0 Å². The summed E-state index contributed by atoms with van der Waals surface area (Å²) in [5.41, 5.74) is 4.40. The summed E-state index contributed by atoms with van der Waals surface area (Å²) >= 11 is 0. The van der Waals surface area contributed by atoms with Crippen molar-refractivity contribution in [3.63, 3.8) is 0 Å². The van der Waals surface area contributed by atoms with Gasteiger partial charge in [-0.25, -0.2) is 8.78 Å². The van der Waals surface area contributed by atoms with Gasteiger partial charge in [0.05, 0.1) is 11.9 Å². The van der Waals surface area contributed by atoms with Crippen molar-refractivity contribution in [1.29, 1.82) is 0 Å². The van der Waals surface area contributed by atoms with Gasteiger partial charge in [0.2, 0.25) is 0 Å². The van der Waals surface area contributed by atoms with Crippen LogP contribution >= 0.6 is 0 Å².